The van der Waals surface area contributed by atoms with Gasteiger partial charge in [0.05, 0.1) is 0 Å². The van der Waals surface area contributed by atoms with Gasteiger partial charge in [-0.15, -0.1) is 0 Å². The summed E-state index contributed by atoms with van der Waals surface area (Å²) in [4.78, 5) is 22.5. The predicted octanol–water partition coefficient (Wildman–Crippen LogP) is 2.66. The Bertz CT molecular complexity index is 343. The van der Waals surface area contributed by atoms with Gasteiger partial charge in [-0.3, -0.25) is 0 Å². The molecule has 0 aliphatic heterocycles. The van der Waals surface area contributed by atoms with Crippen LogP contribution in [0.1, 0.15) is 34.6 Å². The minimum Gasteiger partial charge on any atom is -0.480 e. The zero-order chi connectivity index (χ0) is 15.1. The molecule has 2 N–H and O–H groups in total. The van der Waals surface area contributed by atoms with E-state index in [1.165, 1.54) is 17.3 Å². The number of hydrogen-bond donors (Lipinski definition) is 2. The number of ether oxygens (including phenoxy) is 1. The molecule has 0 aromatic heterocycles. The molecular weight excluding hydrogens is 266 g/mol. The predicted molar refractivity (Wildman–Crippen MR) is 77.5 cm³/mol. The number of amides is 1. The number of nitrogens with one attached hydrogen (secondary N) is 1. The highest BCUT2D eigenvalue weighted by molar-refractivity contribution is 7.99. The third kappa shape index (κ3) is 10.4. The van der Waals surface area contributed by atoms with Crippen molar-refractivity contribution in [1.29, 1.82) is 0 Å². The molecular formula is C13H23NO4S. The van der Waals surface area contributed by atoms with Crippen LogP contribution in [0.25, 0.3) is 0 Å². The van der Waals surface area contributed by atoms with Crippen molar-refractivity contribution in [3.63, 3.8) is 0 Å². The Kier molecular flexibility index (Phi) is 7.59. The van der Waals surface area contributed by atoms with Gasteiger partial charge in [0, 0.05) is 11.5 Å². The molecule has 0 bridgehead atoms. The zero-order valence-electron chi connectivity index (χ0n) is 12.1. The van der Waals surface area contributed by atoms with Crippen molar-refractivity contribution in [2.45, 2.75) is 46.3 Å². The SMILES string of the molecule is CC(C)=CCSCC(NC(=O)OC(C)(C)C)C(=O)O. The molecule has 0 radical (unpaired) electrons. The fraction of sp³-hybridized carbons (Fsp3) is 0.692. The second kappa shape index (κ2) is 8.09. The van der Waals surface area contributed by atoms with Gasteiger partial charge in [0.15, 0.2) is 0 Å². The normalized spacial score (nSPS) is 12.5. The molecule has 1 unspecified atom stereocenters. The molecule has 5 nitrogen and oxygen atoms in total. The molecule has 0 heterocycles. The van der Waals surface area contributed by atoms with E-state index in [0.29, 0.717) is 5.75 Å². The maximum atomic E-state index is 11.5. The molecule has 0 aromatic rings. The summed E-state index contributed by atoms with van der Waals surface area (Å²) < 4.78 is 5.03. The lowest BCUT2D eigenvalue weighted by molar-refractivity contribution is -0.138. The fourth-order valence-electron chi connectivity index (χ4n) is 1.04. The second-order valence-electron chi connectivity index (χ2n) is 5.36. The molecule has 19 heavy (non-hydrogen) atoms. The second-order valence-corrected chi connectivity index (χ2v) is 6.43. The highest BCUT2D eigenvalue weighted by Crippen LogP contribution is 2.09. The molecule has 0 spiro atoms. The molecule has 0 rings (SSSR count). The van der Waals surface area contributed by atoms with Crippen molar-refractivity contribution in [3.05, 3.63) is 11.6 Å². The fourth-order valence-corrected chi connectivity index (χ4v) is 2.08. The van der Waals surface area contributed by atoms with Crippen LogP contribution in [0.15, 0.2) is 11.6 Å². The molecule has 110 valence electrons. The highest BCUT2D eigenvalue weighted by atomic mass is 32.2. The number of carbonyl (C=O) groups is 2. The largest absolute Gasteiger partial charge is 0.480 e. The summed E-state index contributed by atoms with van der Waals surface area (Å²) in [5, 5.41) is 11.4. The average Bonchev–Trinajstić information content (AvgIpc) is 2.19. The Balaban J connectivity index is 4.23. The number of aliphatic carboxylic acids is 1. The van der Waals surface area contributed by atoms with Crippen LogP contribution in [0, 0.1) is 0 Å². The Morgan fingerprint density at radius 3 is 2.37 bits per heavy atom. The van der Waals surface area contributed by atoms with Gasteiger partial charge in [0.25, 0.3) is 0 Å². The summed E-state index contributed by atoms with van der Waals surface area (Å²) in [7, 11) is 0. The molecule has 0 saturated heterocycles. The maximum absolute atomic E-state index is 11.5. The Hall–Kier alpha value is -1.17. The Morgan fingerprint density at radius 2 is 1.95 bits per heavy atom. The lowest BCUT2D eigenvalue weighted by Gasteiger charge is -2.21. The molecule has 1 amide bonds. The van der Waals surface area contributed by atoms with Crippen molar-refractivity contribution < 1.29 is 19.4 Å². The smallest absolute Gasteiger partial charge is 0.408 e. The first-order valence-electron chi connectivity index (χ1n) is 6.05. The zero-order valence-corrected chi connectivity index (χ0v) is 13.0. The van der Waals surface area contributed by atoms with Gasteiger partial charge in [0.1, 0.15) is 11.6 Å². The summed E-state index contributed by atoms with van der Waals surface area (Å²) in [6, 6.07) is -0.939. The molecule has 0 aromatic carbocycles. The third-order valence-electron chi connectivity index (χ3n) is 1.88. The van der Waals surface area contributed by atoms with Gasteiger partial charge < -0.3 is 15.2 Å². The van der Waals surface area contributed by atoms with Gasteiger partial charge in [-0.2, -0.15) is 11.8 Å². The van der Waals surface area contributed by atoms with Gasteiger partial charge >= 0.3 is 12.1 Å². The van der Waals surface area contributed by atoms with Crippen LogP contribution in [-0.4, -0.2) is 40.3 Å². The van der Waals surface area contributed by atoms with Crippen LogP contribution >= 0.6 is 11.8 Å². The maximum Gasteiger partial charge on any atom is 0.408 e. The van der Waals surface area contributed by atoms with E-state index in [-0.39, 0.29) is 0 Å². The number of allylic oxidation sites excluding steroid dienone is 1. The van der Waals surface area contributed by atoms with Crippen LogP contribution in [-0.2, 0) is 9.53 Å². The van der Waals surface area contributed by atoms with Crippen LogP contribution in [0.4, 0.5) is 4.79 Å². The first-order valence-corrected chi connectivity index (χ1v) is 7.20. The number of hydrogen-bond acceptors (Lipinski definition) is 4. The quantitative estimate of drug-likeness (QED) is 0.581. The van der Waals surface area contributed by atoms with Crippen molar-refractivity contribution in [2.24, 2.45) is 0 Å². The van der Waals surface area contributed by atoms with Gasteiger partial charge in [-0.1, -0.05) is 11.6 Å². The van der Waals surface area contributed by atoms with E-state index in [4.69, 9.17) is 9.84 Å². The standard InChI is InChI=1S/C13H23NO4S/c1-9(2)6-7-19-8-10(11(15)16)14-12(17)18-13(3,4)5/h6,10H,7-8H2,1-5H3,(H,14,17)(H,15,16). The summed E-state index contributed by atoms with van der Waals surface area (Å²) >= 11 is 1.45. The Labute approximate surface area is 118 Å². The van der Waals surface area contributed by atoms with E-state index < -0.39 is 23.7 Å². The molecule has 0 aliphatic rings. The first kappa shape index (κ1) is 17.8. The molecule has 0 fully saturated rings. The number of carboxylic acids is 1. The first-order chi connectivity index (χ1) is 8.61. The van der Waals surface area contributed by atoms with E-state index in [1.54, 1.807) is 20.8 Å². The number of alkyl carbamates (subject to hydrolysis) is 1. The monoisotopic (exact) mass is 289 g/mol. The van der Waals surface area contributed by atoms with Crippen molar-refractivity contribution >= 4 is 23.8 Å². The van der Waals surface area contributed by atoms with Gasteiger partial charge in [-0.25, -0.2) is 9.59 Å². The van der Waals surface area contributed by atoms with E-state index in [9.17, 15) is 9.59 Å². The number of carbonyl (C=O) groups excluding carboxylic acids is 1. The Morgan fingerprint density at radius 1 is 1.37 bits per heavy atom. The van der Waals surface area contributed by atoms with Crippen molar-refractivity contribution in [3.8, 4) is 0 Å². The van der Waals surface area contributed by atoms with E-state index in [2.05, 4.69) is 5.32 Å². The van der Waals surface area contributed by atoms with Gasteiger partial charge in [-0.05, 0) is 34.6 Å². The minimum atomic E-state index is -1.06. The van der Waals surface area contributed by atoms with Crippen molar-refractivity contribution in [1.82, 2.24) is 5.32 Å². The minimum absolute atomic E-state index is 0.304. The highest BCUT2D eigenvalue weighted by Gasteiger charge is 2.23. The average molecular weight is 289 g/mol. The molecule has 0 saturated carbocycles. The third-order valence-corrected chi connectivity index (χ3v) is 2.85. The number of carboxylic acid groups (broad SMARTS) is 1. The van der Waals surface area contributed by atoms with Crippen LogP contribution in [0.3, 0.4) is 0 Å². The lowest BCUT2D eigenvalue weighted by Crippen LogP contribution is -2.44. The summed E-state index contributed by atoms with van der Waals surface area (Å²) in [5.74, 6) is -0.0314. The number of rotatable bonds is 6. The van der Waals surface area contributed by atoms with Crippen LogP contribution < -0.4 is 5.32 Å². The van der Waals surface area contributed by atoms with Crippen LogP contribution in [0.2, 0.25) is 0 Å². The van der Waals surface area contributed by atoms with Crippen LogP contribution in [0.5, 0.6) is 0 Å². The summed E-state index contributed by atoms with van der Waals surface area (Å²) in [6.45, 7) is 9.14. The van der Waals surface area contributed by atoms with Gasteiger partial charge in [0.2, 0.25) is 0 Å². The lowest BCUT2D eigenvalue weighted by atomic mass is 10.2. The van der Waals surface area contributed by atoms with E-state index in [0.717, 1.165) is 5.75 Å². The topological polar surface area (TPSA) is 75.6 Å². The van der Waals surface area contributed by atoms with E-state index in [1.807, 2.05) is 19.9 Å². The van der Waals surface area contributed by atoms with E-state index >= 15 is 0 Å². The van der Waals surface area contributed by atoms with Crippen molar-refractivity contribution in [2.75, 3.05) is 11.5 Å². The summed E-state index contributed by atoms with van der Waals surface area (Å²) in [6.07, 6.45) is 1.31. The summed E-state index contributed by atoms with van der Waals surface area (Å²) in [5.41, 5.74) is 0.544. The molecule has 6 heteroatoms. The molecule has 0 aliphatic carbocycles. The number of thioether (sulfide) groups is 1. The molecule has 1 atom stereocenters.